The lowest BCUT2D eigenvalue weighted by atomic mass is 9.96. The van der Waals surface area contributed by atoms with E-state index in [0.29, 0.717) is 19.1 Å². The van der Waals surface area contributed by atoms with Crippen LogP contribution in [-0.4, -0.2) is 54.6 Å². The third-order valence-electron chi connectivity index (χ3n) is 6.29. The highest BCUT2D eigenvalue weighted by Gasteiger charge is 2.43. The van der Waals surface area contributed by atoms with Crippen molar-refractivity contribution in [2.45, 2.75) is 64.0 Å². The van der Waals surface area contributed by atoms with Crippen molar-refractivity contribution >= 4 is 17.0 Å². The van der Waals surface area contributed by atoms with E-state index >= 15 is 0 Å². The molecule has 0 spiro atoms. The van der Waals surface area contributed by atoms with Gasteiger partial charge in [-0.25, -0.2) is 4.79 Å². The maximum absolute atomic E-state index is 12.3. The van der Waals surface area contributed by atoms with Gasteiger partial charge in [-0.15, -0.1) is 10.2 Å². The molecular formula is C22H28N6O2. The minimum Gasteiger partial charge on any atom is -0.443 e. The second-order valence-electron chi connectivity index (χ2n) is 9.09. The first-order valence-electron chi connectivity index (χ1n) is 10.8. The van der Waals surface area contributed by atoms with E-state index in [2.05, 4.69) is 52.3 Å². The Morgan fingerprint density at radius 3 is 2.70 bits per heavy atom. The highest BCUT2D eigenvalue weighted by Crippen LogP contribution is 2.39. The lowest BCUT2D eigenvalue weighted by molar-refractivity contribution is 0.0518. The van der Waals surface area contributed by atoms with Gasteiger partial charge in [0.15, 0.2) is 5.82 Å². The van der Waals surface area contributed by atoms with Crippen LogP contribution >= 0.6 is 0 Å². The molecule has 5 rings (SSSR count). The number of carbonyl (C=O) groups is 1. The third-order valence-corrected chi connectivity index (χ3v) is 6.29. The number of hydrogen-bond donors (Lipinski definition) is 1. The van der Waals surface area contributed by atoms with E-state index in [1.54, 1.807) is 0 Å². The summed E-state index contributed by atoms with van der Waals surface area (Å²) in [5, 5.41) is 14.4. The zero-order chi connectivity index (χ0) is 20.9. The molecule has 1 N–H and O–H groups in total. The number of nitrogens with zero attached hydrogens (tertiary/aromatic N) is 5. The molecule has 1 amide bonds. The Morgan fingerprint density at radius 2 is 2.00 bits per heavy atom. The molecule has 1 aliphatic carbocycles. The molecule has 158 valence electrons. The van der Waals surface area contributed by atoms with E-state index in [4.69, 9.17) is 4.74 Å². The monoisotopic (exact) mass is 408 g/mol. The van der Waals surface area contributed by atoms with Gasteiger partial charge in [-0.2, -0.15) is 5.10 Å². The van der Waals surface area contributed by atoms with E-state index < -0.39 is 0 Å². The summed E-state index contributed by atoms with van der Waals surface area (Å²) in [6.07, 6.45) is 5.38. The highest BCUT2D eigenvalue weighted by molar-refractivity contribution is 5.83. The van der Waals surface area contributed by atoms with Gasteiger partial charge in [0.05, 0.1) is 11.7 Å². The number of hydrogen-bond acceptors (Lipinski definition) is 5. The van der Waals surface area contributed by atoms with Crippen LogP contribution in [0.25, 0.3) is 22.3 Å². The Kier molecular flexibility index (Phi) is 4.52. The van der Waals surface area contributed by atoms with Crippen molar-refractivity contribution in [2.75, 3.05) is 13.1 Å². The van der Waals surface area contributed by atoms with Crippen LogP contribution in [0.4, 0.5) is 4.79 Å². The Balaban J connectivity index is 1.27. The summed E-state index contributed by atoms with van der Waals surface area (Å²) in [7, 11) is 0. The Hall–Kier alpha value is -2.90. The summed E-state index contributed by atoms with van der Waals surface area (Å²) in [6, 6.07) is 6.53. The highest BCUT2D eigenvalue weighted by atomic mass is 16.6. The molecule has 8 nitrogen and oxygen atoms in total. The molecule has 2 aliphatic rings. The van der Waals surface area contributed by atoms with Crippen LogP contribution < -0.4 is 0 Å². The summed E-state index contributed by atoms with van der Waals surface area (Å²) >= 11 is 0. The molecule has 0 unspecified atom stereocenters. The van der Waals surface area contributed by atoms with E-state index in [1.807, 2.05) is 22.7 Å². The van der Waals surface area contributed by atoms with E-state index in [9.17, 15) is 4.79 Å². The van der Waals surface area contributed by atoms with Crippen molar-refractivity contribution in [2.24, 2.45) is 0 Å². The van der Waals surface area contributed by atoms with Crippen LogP contribution in [0.2, 0.25) is 0 Å². The predicted octanol–water partition coefficient (Wildman–Crippen LogP) is 4.27. The SMILES string of the molecule is CC(C)n1ncc2ccc(-c3nnc(C4CCN(C(=O)OC5(C)CC5)CC4)[nH]3)cc21. The lowest BCUT2D eigenvalue weighted by Gasteiger charge is -2.31. The Bertz CT molecular complexity index is 1070. The van der Waals surface area contributed by atoms with Crippen molar-refractivity contribution in [3.8, 4) is 11.4 Å². The number of aromatic nitrogens is 5. The topological polar surface area (TPSA) is 88.9 Å². The number of fused-ring (bicyclic) bond motifs is 1. The molecule has 1 aliphatic heterocycles. The van der Waals surface area contributed by atoms with Crippen molar-refractivity contribution in [3.63, 3.8) is 0 Å². The zero-order valence-electron chi connectivity index (χ0n) is 17.8. The second kappa shape index (κ2) is 7.11. The number of rotatable bonds is 4. The lowest BCUT2D eigenvalue weighted by Crippen LogP contribution is -2.40. The molecule has 2 aromatic heterocycles. The van der Waals surface area contributed by atoms with Crippen molar-refractivity contribution in [1.29, 1.82) is 0 Å². The smallest absolute Gasteiger partial charge is 0.410 e. The fourth-order valence-electron chi connectivity index (χ4n) is 4.07. The summed E-state index contributed by atoms with van der Waals surface area (Å²) in [4.78, 5) is 17.5. The minimum absolute atomic E-state index is 0.179. The van der Waals surface area contributed by atoms with E-state index in [1.165, 1.54) is 0 Å². The van der Waals surface area contributed by atoms with Crippen LogP contribution in [0.15, 0.2) is 24.4 Å². The van der Waals surface area contributed by atoms with Crippen molar-refractivity contribution in [3.05, 3.63) is 30.2 Å². The third kappa shape index (κ3) is 3.55. The van der Waals surface area contributed by atoms with Crippen LogP contribution in [0.3, 0.4) is 0 Å². The van der Waals surface area contributed by atoms with Crippen LogP contribution in [0, 0.1) is 0 Å². The van der Waals surface area contributed by atoms with E-state index in [-0.39, 0.29) is 17.6 Å². The largest absolute Gasteiger partial charge is 0.443 e. The van der Waals surface area contributed by atoms with Crippen molar-refractivity contribution in [1.82, 2.24) is 29.9 Å². The van der Waals surface area contributed by atoms with Gasteiger partial charge in [-0.05, 0) is 52.5 Å². The maximum Gasteiger partial charge on any atom is 0.410 e. The summed E-state index contributed by atoms with van der Waals surface area (Å²) in [6.45, 7) is 7.63. The average Bonchev–Trinajstić information content (AvgIpc) is 3.14. The number of piperidine rings is 1. The standard InChI is InChI=1S/C22H28N6O2/c1-14(2)28-18-12-16(4-5-17(18)13-23-28)20-24-19(25-26-20)15-6-10-27(11-7-15)21(29)30-22(3)8-9-22/h4-5,12-15H,6-11H2,1-3H3,(H,24,25,26). The van der Waals surface area contributed by atoms with Crippen LogP contribution in [0.5, 0.6) is 0 Å². The van der Waals surface area contributed by atoms with Gasteiger partial charge in [-0.3, -0.25) is 4.68 Å². The normalized spacial score (nSPS) is 18.9. The minimum atomic E-state index is -0.222. The van der Waals surface area contributed by atoms with Crippen LogP contribution in [-0.2, 0) is 4.74 Å². The molecule has 3 aromatic rings. The van der Waals surface area contributed by atoms with E-state index in [0.717, 1.165) is 53.8 Å². The van der Waals surface area contributed by atoms with Gasteiger partial charge in [0.25, 0.3) is 0 Å². The molecule has 3 heterocycles. The first kappa shape index (κ1) is 19.1. The Labute approximate surface area is 175 Å². The number of aromatic amines is 1. The summed E-state index contributed by atoms with van der Waals surface area (Å²) in [5.74, 6) is 1.94. The predicted molar refractivity (Wildman–Crippen MR) is 113 cm³/mol. The number of benzene rings is 1. The molecule has 2 fully saturated rings. The molecule has 8 heteroatoms. The van der Waals surface area contributed by atoms with Gasteiger partial charge in [0.1, 0.15) is 11.4 Å². The quantitative estimate of drug-likeness (QED) is 0.696. The summed E-state index contributed by atoms with van der Waals surface area (Å²) in [5.41, 5.74) is 1.87. The number of amides is 1. The number of ether oxygens (including phenoxy) is 1. The van der Waals surface area contributed by atoms with Crippen LogP contribution in [0.1, 0.15) is 64.2 Å². The molecule has 1 aromatic carbocycles. The molecule has 0 atom stereocenters. The fourth-order valence-corrected chi connectivity index (χ4v) is 4.07. The molecule has 1 saturated heterocycles. The molecule has 0 bridgehead atoms. The first-order chi connectivity index (χ1) is 14.4. The van der Waals surface area contributed by atoms with Gasteiger partial charge < -0.3 is 14.6 Å². The van der Waals surface area contributed by atoms with Gasteiger partial charge in [0.2, 0.25) is 0 Å². The second-order valence-corrected chi connectivity index (χ2v) is 9.09. The number of H-pyrrole nitrogens is 1. The number of carbonyl (C=O) groups excluding carboxylic acids is 1. The number of likely N-dealkylation sites (tertiary alicyclic amines) is 1. The zero-order valence-corrected chi connectivity index (χ0v) is 17.8. The number of nitrogens with one attached hydrogen (secondary N) is 1. The summed E-state index contributed by atoms with van der Waals surface area (Å²) < 4.78 is 7.61. The molecule has 30 heavy (non-hydrogen) atoms. The molecule has 1 saturated carbocycles. The Morgan fingerprint density at radius 1 is 1.23 bits per heavy atom. The fraction of sp³-hybridized carbons (Fsp3) is 0.545. The van der Waals surface area contributed by atoms with Gasteiger partial charge >= 0.3 is 6.09 Å². The average molecular weight is 409 g/mol. The van der Waals surface area contributed by atoms with Gasteiger partial charge in [0, 0.05) is 36.0 Å². The first-order valence-corrected chi connectivity index (χ1v) is 10.8. The maximum atomic E-state index is 12.3. The molecule has 0 radical (unpaired) electrons. The van der Waals surface area contributed by atoms with Crippen molar-refractivity contribution < 1.29 is 9.53 Å². The van der Waals surface area contributed by atoms with Gasteiger partial charge in [-0.1, -0.05) is 12.1 Å². The molecular weight excluding hydrogens is 380 g/mol.